The van der Waals surface area contributed by atoms with Crippen LogP contribution in [0.3, 0.4) is 0 Å². The molecule has 1 aromatic rings. The quantitative estimate of drug-likeness (QED) is 0.815. The van der Waals surface area contributed by atoms with Gasteiger partial charge in [-0.3, -0.25) is 0 Å². The highest BCUT2D eigenvalue weighted by Gasteiger charge is 2.36. The average Bonchev–Trinajstić information content (AvgIpc) is 2.52. The summed E-state index contributed by atoms with van der Waals surface area (Å²) in [6.07, 6.45) is 7.00. The van der Waals surface area contributed by atoms with Gasteiger partial charge in [0.15, 0.2) is 0 Å². The van der Waals surface area contributed by atoms with E-state index >= 15 is 0 Å². The molecule has 0 amide bonds. The van der Waals surface area contributed by atoms with Gasteiger partial charge in [-0.05, 0) is 63.1 Å². The fourth-order valence-electron chi connectivity index (χ4n) is 3.20. The first-order valence-corrected chi connectivity index (χ1v) is 8.63. The Labute approximate surface area is 130 Å². The van der Waals surface area contributed by atoms with Crippen molar-refractivity contribution >= 4 is 0 Å². The van der Waals surface area contributed by atoms with Crippen LogP contribution in [0.1, 0.15) is 57.6 Å². The fourth-order valence-corrected chi connectivity index (χ4v) is 3.20. The normalized spacial score (nSPS) is 24.0. The third-order valence-electron chi connectivity index (χ3n) is 4.75. The van der Waals surface area contributed by atoms with Gasteiger partial charge >= 0.3 is 0 Å². The number of nitrogens with one attached hydrogen (secondary N) is 1. The molecule has 1 heterocycles. The molecule has 1 aliphatic rings. The van der Waals surface area contributed by atoms with Crippen LogP contribution >= 0.6 is 0 Å². The van der Waals surface area contributed by atoms with E-state index in [0.29, 0.717) is 6.04 Å². The fraction of sp³-hybridized carbons (Fsp3) is 0.684. The van der Waals surface area contributed by atoms with Gasteiger partial charge in [-0.2, -0.15) is 0 Å². The summed E-state index contributed by atoms with van der Waals surface area (Å²) in [5.41, 5.74) is 2.81. The lowest BCUT2D eigenvalue weighted by atomic mass is 9.84. The van der Waals surface area contributed by atoms with Crippen LogP contribution in [-0.4, -0.2) is 24.8 Å². The summed E-state index contributed by atoms with van der Waals surface area (Å²) in [6, 6.07) is 9.49. The molecule has 0 saturated carbocycles. The second-order valence-electron chi connectivity index (χ2n) is 6.50. The first-order chi connectivity index (χ1) is 10.2. The molecule has 118 valence electrons. The number of hydrogen-bond donors (Lipinski definition) is 1. The van der Waals surface area contributed by atoms with Crippen LogP contribution in [0.5, 0.6) is 0 Å². The summed E-state index contributed by atoms with van der Waals surface area (Å²) in [6.45, 7) is 8.70. The van der Waals surface area contributed by atoms with Gasteiger partial charge in [0.2, 0.25) is 0 Å². The molecule has 2 unspecified atom stereocenters. The van der Waals surface area contributed by atoms with Gasteiger partial charge in [-0.15, -0.1) is 0 Å². The number of aryl methyl sites for hydroxylation is 1. The van der Waals surface area contributed by atoms with Gasteiger partial charge in [-0.25, -0.2) is 0 Å². The molecule has 2 nitrogen and oxygen atoms in total. The first-order valence-electron chi connectivity index (χ1n) is 8.63. The van der Waals surface area contributed by atoms with Gasteiger partial charge in [-0.1, -0.05) is 38.1 Å². The van der Waals surface area contributed by atoms with E-state index in [0.717, 1.165) is 26.0 Å². The lowest BCUT2D eigenvalue weighted by Crippen LogP contribution is -2.53. The summed E-state index contributed by atoms with van der Waals surface area (Å²) in [5.74, 6) is 0. The van der Waals surface area contributed by atoms with Gasteiger partial charge in [0.05, 0.1) is 5.60 Å². The van der Waals surface area contributed by atoms with Crippen LogP contribution in [-0.2, 0) is 17.6 Å². The van der Waals surface area contributed by atoms with Gasteiger partial charge in [0.1, 0.15) is 0 Å². The molecule has 2 atom stereocenters. The predicted molar refractivity (Wildman–Crippen MR) is 89.8 cm³/mol. The topological polar surface area (TPSA) is 21.3 Å². The molecule has 1 saturated heterocycles. The first kappa shape index (κ1) is 16.5. The molecule has 0 aromatic heterocycles. The van der Waals surface area contributed by atoms with Crippen molar-refractivity contribution in [2.75, 3.05) is 13.2 Å². The maximum absolute atomic E-state index is 6.18. The molecule has 2 heteroatoms. The number of rotatable bonds is 7. The van der Waals surface area contributed by atoms with Crippen LogP contribution in [0, 0.1) is 0 Å². The highest BCUT2D eigenvalue weighted by Crippen LogP contribution is 2.29. The Morgan fingerprint density at radius 1 is 1.14 bits per heavy atom. The van der Waals surface area contributed by atoms with Crippen LogP contribution in [0.25, 0.3) is 0 Å². The molecule has 0 aliphatic carbocycles. The SMILES string of the molecule is CCCNC(Cc1ccc(CC)cc1)C1(C)CCCCO1. The molecule has 0 spiro atoms. The number of hydrogen-bond acceptors (Lipinski definition) is 2. The molecule has 1 aliphatic heterocycles. The zero-order valence-corrected chi connectivity index (χ0v) is 14.0. The van der Waals surface area contributed by atoms with Crippen molar-refractivity contribution in [3.05, 3.63) is 35.4 Å². The van der Waals surface area contributed by atoms with E-state index in [1.165, 1.54) is 36.8 Å². The highest BCUT2D eigenvalue weighted by atomic mass is 16.5. The van der Waals surface area contributed by atoms with Crippen molar-refractivity contribution in [2.24, 2.45) is 0 Å². The van der Waals surface area contributed by atoms with Crippen LogP contribution in [0.15, 0.2) is 24.3 Å². The van der Waals surface area contributed by atoms with Crippen molar-refractivity contribution < 1.29 is 4.74 Å². The largest absolute Gasteiger partial charge is 0.374 e. The third-order valence-corrected chi connectivity index (χ3v) is 4.75. The smallest absolute Gasteiger partial charge is 0.0810 e. The monoisotopic (exact) mass is 289 g/mol. The van der Waals surface area contributed by atoms with Gasteiger partial charge < -0.3 is 10.1 Å². The molecule has 21 heavy (non-hydrogen) atoms. The van der Waals surface area contributed by atoms with Crippen LogP contribution < -0.4 is 5.32 Å². The molecular weight excluding hydrogens is 258 g/mol. The van der Waals surface area contributed by atoms with Gasteiger partial charge in [0.25, 0.3) is 0 Å². The van der Waals surface area contributed by atoms with Crippen molar-refractivity contribution in [2.45, 2.75) is 70.9 Å². The Hall–Kier alpha value is -0.860. The molecular formula is C19H31NO. The maximum Gasteiger partial charge on any atom is 0.0810 e. The van der Waals surface area contributed by atoms with E-state index in [2.05, 4.69) is 50.4 Å². The van der Waals surface area contributed by atoms with E-state index in [4.69, 9.17) is 4.74 Å². The lowest BCUT2D eigenvalue weighted by Gasteiger charge is -2.41. The van der Waals surface area contributed by atoms with E-state index in [9.17, 15) is 0 Å². The second kappa shape index (κ2) is 7.95. The van der Waals surface area contributed by atoms with Crippen molar-refractivity contribution in [3.8, 4) is 0 Å². The summed E-state index contributed by atoms with van der Waals surface area (Å²) < 4.78 is 6.18. The Kier molecular flexibility index (Phi) is 6.25. The zero-order chi connectivity index (χ0) is 15.1. The van der Waals surface area contributed by atoms with Crippen molar-refractivity contribution in [3.63, 3.8) is 0 Å². The maximum atomic E-state index is 6.18. The zero-order valence-electron chi connectivity index (χ0n) is 14.0. The minimum Gasteiger partial charge on any atom is -0.374 e. The summed E-state index contributed by atoms with van der Waals surface area (Å²) in [4.78, 5) is 0. The number of benzene rings is 1. The van der Waals surface area contributed by atoms with Gasteiger partial charge in [0, 0.05) is 12.6 Å². The Balaban J connectivity index is 2.07. The molecule has 1 N–H and O–H groups in total. The Morgan fingerprint density at radius 2 is 1.86 bits per heavy atom. The summed E-state index contributed by atoms with van der Waals surface area (Å²) in [5, 5.41) is 3.73. The Morgan fingerprint density at radius 3 is 2.43 bits per heavy atom. The number of ether oxygens (including phenoxy) is 1. The molecule has 0 radical (unpaired) electrons. The lowest BCUT2D eigenvalue weighted by molar-refractivity contribution is -0.0883. The van der Waals surface area contributed by atoms with E-state index in [-0.39, 0.29) is 5.60 Å². The summed E-state index contributed by atoms with van der Waals surface area (Å²) >= 11 is 0. The molecule has 0 bridgehead atoms. The predicted octanol–water partition coefficient (Wildman–Crippen LogP) is 4.12. The summed E-state index contributed by atoms with van der Waals surface area (Å²) in [7, 11) is 0. The second-order valence-corrected chi connectivity index (χ2v) is 6.50. The molecule has 1 fully saturated rings. The van der Waals surface area contributed by atoms with E-state index < -0.39 is 0 Å². The van der Waals surface area contributed by atoms with E-state index in [1.807, 2.05) is 0 Å². The molecule has 2 rings (SSSR count). The minimum absolute atomic E-state index is 0.0170. The average molecular weight is 289 g/mol. The van der Waals surface area contributed by atoms with Crippen LogP contribution in [0.2, 0.25) is 0 Å². The van der Waals surface area contributed by atoms with Crippen molar-refractivity contribution in [1.29, 1.82) is 0 Å². The Bertz CT molecular complexity index is 406. The van der Waals surface area contributed by atoms with Crippen molar-refractivity contribution in [1.82, 2.24) is 5.32 Å². The standard InChI is InChI=1S/C19H31NO/c1-4-13-20-18(19(3)12-6-7-14-21-19)15-17-10-8-16(5-2)9-11-17/h8-11,18,20H,4-7,12-15H2,1-3H3. The highest BCUT2D eigenvalue weighted by molar-refractivity contribution is 5.23. The van der Waals surface area contributed by atoms with E-state index in [1.54, 1.807) is 0 Å². The third kappa shape index (κ3) is 4.55. The van der Waals surface area contributed by atoms with Crippen LogP contribution in [0.4, 0.5) is 0 Å². The molecule has 1 aromatic carbocycles. The minimum atomic E-state index is -0.0170.